The Balaban J connectivity index is 1.60. The minimum atomic E-state index is -0.529. The molecule has 4 nitrogen and oxygen atoms in total. The van der Waals surface area contributed by atoms with Crippen molar-refractivity contribution < 1.29 is 19.7 Å². The van der Waals surface area contributed by atoms with Crippen LogP contribution in [-0.2, 0) is 9.47 Å². The zero-order valence-electron chi connectivity index (χ0n) is 12.5. The first-order chi connectivity index (χ1) is 10.2. The molecule has 1 spiro atoms. The highest BCUT2D eigenvalue weighted by Crippen LogP contribution is 2.50. The van der Waals surface area contributed by atoms with Gasteiger partial charge in [-0.25, -0.2) is 0 Å². The molecule has 0 aromatic rings. The van der Waals surface area contributed by atoms with Gasteiger partial charge >= 0.3 is 0 Å². The first-order valence-electron chi connectivity index (χ1n) is 8.57. The van der Waals surface area contributed by atoms with E-state index in [1.807, 2.05) is 0 Å². The standard InChI is InChI=1S/C17H26O4/c18-12-6-7-14-16(13(19)8-12)17(10-20-17)9-15(21-14)11-4-2-1-3-5-11/h9,11-14,16,18-19H,1-8,10H2/t12-,13?,14?,16?,17?/m0/s1. The second kappa shape index (κ2) is 5.25. The van der Waals surface area contributed by atoms with E-state index in [-0.39, 0.29) is 17.6 Å². The molecule has 5 atom stereocenters. The van der Waals surface area contributed by atoms with Gasteiger partial charge in [0.1, 0.15) is 11.7 Å². The molecule has 0 amide bonds. The molecule has 0 radical (unpaired) electrons. The zero-order valence-corrected chi connectivity index (χ0v) is 12.5. The minimum Gasteiger partial charge on any atom is -0.494 e. The predicted molar refractivity (Wildman–Crippen MR) is 77.6 cm³/mol. The van der Waals surface area contributed by atoms with Crippen LogP contribution < -0.4 is 0 Å². The Kier molecular flexibility index (Phi) is 3.51. The van der Waals surface area contributed by atoms with Gasteiger partial charge < -0.3 is 19.7 Å². The Morgan fingerprint density at radius 3 is 2.52 bits per heavy atom. The number of allylic oxidation sites excluding steroid dienone is 1. The van der Waals surface area contributed by atoms with Crippen LogP contribution in [0.2, 0.25) is 0 Å². The molecular formula is C17H26O4. The van der Waals surface area contributed by atoms with Crippen molar-refractivity contribution in [2.75, 3.05) is 6.61 Å². The van der Waals surface area contributed by atoms with Gasteiger partial charge in [-0.15, -0.1) is 0 Å². The van der Waals surface area contributed by atoms with Gasteiger partial charge in [0.15, 0.2) is 0 Å². The average Bonchev–Trinajstić information content (AvgIpc) is 3.26. The number of rotatable bonds is 1. The van der Waals surface area contributed by atoms with Crippen LogP contribution >= 0.6 is 0 Å². The molecule has 2 heterocycles. The molecule has 4 unspecified atom stereocenters. The van der Waals surface area contributed by atoms with Gasteiger partial charge in [0, 0.05) is 5.92 Å². The van der Waals surface area contributed by atoms with Crippen LogP contribution in [0.15, 0.2) is 11.8 Å². The van der Waals surface area contributed by atoms with Crippen molar-refractivity contribution in [2.24, 2.45) is 11.8 Å². The van der Waals surface area contributed by atoms with Crippen LogP contribution in [0.5, 0.6) is 0 Å². The monoisotopic (exact) mass is 294 g/mol. The van der Waals surface area contributed by atoms with E-state index in [9.17, 15) is 10.2 Å². The summed E-state index contributed by atoms with van der Waals surface area (Å²) in [5, 5.41) is 20.4. The number of fused-ring (bicyclic) bond motifs is 2. The van der Waals surface area contributed by atoms with Crippen molar-refractivity contribution in [2.45, 2.75) is 75.3 Å². The third kappa shape index (κ3) is 2.51. The summed E-state index contributed by atoms with van der Waals surface area (Å²) >= 11 is 0. The maximum absolute atomic E-state index is 10.5. The molecule has 21 heavy (non-hydrogen) atoms. The van der Waals surface area contributed by atoms with Gasteiger partial charge in [0.2, 0.25) is 0 Å². The first kappa shape index (κ1) is 14.0. The molecule has 2 saturated carbocycles. The summed E-state index contributed by atoms with van der Waals surface area (Å²) in [6.45, 7) is 0.695. The second-order valence-electron chi connectivity index (χ2n) is 7.34. The van der Waals surface area contributed by atoms with Crippen LogP contribution in [0, 0.1) is 11.8 Å². The van der Waals surface area contributed by atoms with Crippen LogP contribution in [-0.4, -0.2) is 40.7 Å². The molecule has 1 saturated heterocycles. The summed E-state index contributed by atoms with van der Waals surface area (Å²) < 4.78 is 12.1. The molecule has 4 rings (SSSR count). The Hall–Kier alpha value is -0.580. The summed E-state index contributed by atoms with van der Waals surface area (Å²) in [7, 11) is 0. The Bertz CT molecular complexity index is 423. The summed E-state index contributed by atoms with van der Waals surface area (Å²) in [6, 6.07) is 0. The summed E-state index contributed by atoms with van der Waals surface area (Å²) in [5.74, 6) is 1.63. The van der Waals surface area contributed by atoms with Crippen molar-refractivity contribution in [1.29, 1.82) is 0 Å². The number of aliphatic hydroxyl groups is 2. The first-order valence-corrected chi connectivity index (χ1v) is 8.57. The fourth-order valence-electron chi connectivity index (χ4n) is 4.61. The van der Waals surface area contributed by atoms with E-state index < -0.39 is 12.2 Å². The van der Waals surface area contributed by atoms with Crippen molar-refractivity contribution in [3.8, 4) is 0 Å². The van der Waals surface area contributed by atoms with Crippen molar-refractivity contribution in [3.05, 3.63) is 11.8 Å². The lowest BCUT2D eigenvalue weighted by atomic mass is 9.77. The van der Waals surface area contributed by atoms with Gasteiger partial charge in [-0.05, 0) is 38.2 Å². The van der Waals surface area contributed by atoms with E-state index in [2.05, 4.69) is 6.08 Å². The predicted octanol–water partition coefficient (Wildman–Crippen LogP) is 2.14. The number of hydrogen-bond acceptors (Lipinski definition) is 4. The van der Waals surface area contributed by atoms with Crippen molar-refractivity contribution >= 4 is 0 Å². The molecule has 118 valence electrons. The Morgan fingerprint density at radius 2 is 1.81 bits per heavy atom. The van der Waals surface area contributed by atoms with Crippen LogP contribution in [0.3, 0.4) is 0 Å². The van der Waals surface area contributed by atoms with E-state index in [1.165, 1.54) is 32.1 Å². The van der Waals surface area contributed by atoms with Gasteiger partial charge in [-0.3, -0.25) is 0 Å². The fourth-order valence-corrected chi connectivity index (χ4v) is 4.61. The topological polar surface area (TPSA) is 62.2 Å². The molecule has 3 fully saturated rings. The molecule has 4 heteroatoms. The summed E-state index contributed by atoms with van der Waals surface area (Å²) in [4.78, 5) is 0. The Morgan fingerprint density at radius 1 is 1.05 bits per heavy atom. The van der Waals surface area contributed by atoms with Crippen LogP contribution in [0.1, 0.15) is 51.4 Å². The highest BCUT2D eigenvalue weighted by Gasteiger charge is 2.59. The van der Waals surface area contributed by atoms with E-state index in [0.29, 0.717) is 25.4 Å². The number of epoxide rings is 1. The highest BCUT2D eigenvalue weighted by atomic mass is 16.6. The lowest BCUT2D eigenvalue weighted by molar-refractivity contribution is -0.0592. The highest BCUT2D eigenvalue weighted by molar-refractivity contribution is 5.24. The molecule has 2 aliphatic carbocycles. The molecule has 2 aliphatic heterocycles. The molecular weight excluding hydrogens is 268 g/mol. The number of hydrogen-bond donors (Lipinski definition) is 2. The molecule has 0 aromatic carbocycles. The minimum absolute atomic E-state index is 0.00146. The summed E-state index contributed by atoms with van der Waals surface area (Å²) in [6.07, 6.45) is 9.54. The smallest absolute Gasteiger partial charge is 0.122 e. The van der Waals surface area contributed by atoms with E-state index in [0.717, 1.165) is 12.2 Å². The molecule has 2 N–H and O–H groups in total. The quantitative estimate of drug-likeness (QED) is 0.727. The largest absolute Gasteiger partial charge is 0.494 e. The molecule has 4 aliphatic rings. The third-order valence-electron chi connectivity index (χ3n) is 5.84. The van der Waals surface area contributed by atoms with Gasteiger partial charge in [-0.2, -0.15) is 0 Å². The fraction of sp³-hybridized carbons (Fsp3) is 0.882. The van der Waals surface area contributed by atoms with Gasteiger partial charge in [0.25, 0.3) is 0 Å². The molecule has 0 bridgehead atoms. The lowest BCUT2D eigenvalue weighted by Gasteiger charge is -2.40. The number of ether oxygens (including phenoxy) is 2. The van der Waals surface area contributed by atoms with Gasteiger partial charge in [-0.1, -0.05) is 19.3 Å². The zero-order chi connectivity index (χ0) is 14.4. The van der Waals surface area contributed by atoms with E-state index in [1.54, 1.807) is 0 Å². The SMILES string of the molecule is OC1C[C@@H](O)CCC2OC(C3CCCCC3)=CC3(CO3)C12. The third-order valence-corrected chi connectivity index (χ3v) is 5.84. The maximum atomic E-state index is 10.5. The average molecular weight is 294 g/mol. The second-order valence-corrected chi connectivity index (χ2v) is 7.34. The van der Waals surface area contributed by atoms with Gasteiger partial charge in [0.05, 0.1) is 30.5 Å². The normalized spacial score (nSPS) is 47.2. The van der Waals surface area contributed by atoms with Crippen molar-refractivity contribution in [3.63, 3.8) is 0 Å². The molecule has 0 aromatic heterocycles. The van der Waals surface area contributed by atoms with E-state index in [4.69, 9.17) is 9.47 Å². The van der Waals surface area contributed by atoms with Crippen LogP contribution in [0.4, 0.5) is 0 Å². The maximum Gasteiger partial charge on any atom is 0.122 e. The lowest BCUT2D eigenvalue weighted by Crippen LogP contribution is -2.46. The van der Waals surface area contributed by atoms with Crippen LogP contribution in [0.25, 0.3) is 0 Å². The van der Waals surface area contributed by atoms with Crippen molar-refractivity contribution in [1.82, 2.24) is 0 Å². The number of aliphatic hydroxyl groups excluding tert-OH is 2. The summed E-state index contributed by atoms with van der Waals surface area (Å²) in [5.41, 5.74) is -0.306. The van der Waals surface area contributed by atoms with E-state index >= 15 is 0 Å². The Labute approximate surface area is 126 Å².